The maximum atomic E-state index is 3.91. The van der Waals surface area contributed by atoms with Gasteiger partial charge >= 0.3 is 0 Å². The van der Waals surface area contributed by atoms with Crippen LogP contribution in [0.5, 0.6) is 0 Å². The van der Waals surface area contributed by atoms with Crippen LogP contribution in [0.1, 0.15) is 13.8 Å². The van der Waals surface area contributed by atoms with E-state index in [1.807, 2.05) is 0 Å². The van der Waals surface area contributed by atoms with Gasteiger partial charge in [-0.05, 0) is 25.7 Å². The van der Waals surface area contributed by atoms with Gasteiger partial charge in [0.25, 0.3) is 0 Å². The Morgan fingerprint density at radius 3 is 2.08 bits per heavy atom. The molecule has 0 aliphatic rings. The quantitative estimate of drug-likeness (QED) is 0.575. The van der Waals surface area contributed by atoms with Gasteiger partial charge in [-0.2, -0.15) is 0 Å². The minimum atomic E-state index is -1.05. The predicted octanol–water partition coefficient (Wildman–Crippen LogP) is 2.76. The minimum Gasteiger partial charge on any atom is -0.304 e. The van der Waals surface area contributed by atoms with E-state index in [2.05, 4.69) is 44.1 Å². The normalized spacial score (nSPS) is 12.1. The Morgan fingerprint density at radius 2 is 1.75 bits per heavy atom. The van der Waals surface area contributed by atoms with Crippen LogP contribution >= 0.6 is 0 Å². The lowest BCUT2D eigenvalue weighted by atomic mass is 10.5. The molecule has 0 unspecified atom stereocenters. The van der Waals surface area contributed by atoms with Crippen molar-refractivity contribution in [3.63, 3.8) is 0 Å². The summed E-state index contributed by atoms with van der Waals surface area (Å²) in [6, 6.07) is 1.35. The summed E-state index contributed by atoms with van der Waals surface area (Å²) >= 11 is 0. The molecule has 0 rings (SSSR count). The summed E-state index contributed by atoms with van der Waals surface area (Å²) in [6.07, 6.45) is 0. The summed E-state index contributed by atoms with van der Waals surface area (Å²) in [5.41, 5.74) is 2.19. The molecule has 0 atom stereocenters. The molecular formula is C10H23NSi. The predicted molar refractivity (Wildman–Crippen MR) is 60.3 cm³/mol. The van der Waals surface area contributed by atoms with Crippen molar-refractivity contribution in [1.29, 1.82) is 0 Å². The fraction of sp³-hybridized carbons (Fsp3) is 0.800. The van der Waals surface area contributed by atoms with Crippen molar-refractivity contribution in [2.75, 3.05) is 19.6 Å². The van der Waals surface area contributed by atoms with Crippen molar-refractivity contribution < 1.29 is 0 Å². The van der Waals surface area contributed by atoms with Gasteiger partial charge in [-0.25, -0.2) is 0 Å². The average molecular weight is 185 g/mol. The second-order valence-corrected chi connectivity index (χ2v) is 8.85. The van der Waals surface area contributed by atoms with E-state index in [4.69, 9.17) is 0 Å². The molecule has 12 heavy (non-hydrogen) atoms. The van der Waals surface area contributed by atoms with Crippen LogP contribution in [0.2, 0.25) is 19.1 Å². The Balaban J connectivity index is 3.72. The van der Waals surface area contributed by atoms with Crippen molar-refractivity contribution in [1.82, 2.24) is 4.90 Å². The Labute approximate surface area is 78.5 Å². The highest BCUT2D eigenvalue weighted by molar-refractivity contribution is 6.82. The van der Waals surface area contributed by atoms with Crippen LogP contribution in [0.25, 0.3) is 0 Å². The van der Waals surface area contributed by atoms with Crippen molar-refractivity contribution in [2.24, 2.45) is 0 Å². The number of rotatable bonds is 6. The van der Waals surface area contributed by atoms with E-state index in [-0.39, 0.29) is 0 Å². The van der Waals surface area contributed by atoms with Gasteiger partial charge in [-0.1, -0.05) is 26.9 Å². The molecule has 0 saturated carbocycles. The monoisotopic (exact) mass is 185 g/mol. The molecule has 0 bridgehead atoms. The zero-order chi connectivity index (χ0) is 9.61. The molecule has 0 N–H and O–H groups in total. The first kappa shape index (κ1) is 11.9. The summed E-state index contributed by atoms with van der Waals surface area (Å²) in [5, 5.41) is 0. The van der Waals surface area contributed by atoms with E-state index in [0.717, 1.165) is 0 Å². The number of hydrogen-bond acceptors (Lipinski definition) is 1. The fourth-order valence-corrected chi connectivity index (χ4v) is 2.18. The summed E-state index contributed by atoms with van der Waals surface area (Å²) in [4.78, 5) is 2.48. The van der Waals surface area contributed by atoms with Crippen LogP contribution < -0.4 is 0 Å². The van der Waals surface area contributed by atoms with E-state index >= 15 is 0 Å². The van der Waals surface area contributed by atoms with Gasteiger partial charge in [0, 0.05) is 0 Å². The third kappa shape index (κ3) is 4.73. The average Bonchev–Trinajstić information content (AvgIpc) is 2.06. The first-order chi connectivity index (χ1) is 5.55. The third-order valence-electron chi connectivity index (χ3n) is 2.52. The highest BCUT2D eigenvalue weighted by Gasteiger charge is 2.16. The summed E-state index contributed by atoms with van der Waals surface area (Å²) in [6.45, 7) is 16.7. The number of hydrogen-bond donors (Lipinski definition) is 0. The molecule has 0 radical (unpaired) electrons. The second kappa shape index (κ2) is 5.54. The lowest BCUT2D eigenvalue weighted by molar-refractivity contribution is 0.320. The van der Waals surface area contributed by atoms with Crippen LogP contribution in [0.15, 0.2) is 12.3 Å². The lowest BCUT2D eigenvalue weighted by Gasteiger charge is -2.23. The number of nitrogens with zero attached hydrogens (tertiary/aromatic N) is 1. The molecular weight excluding hydrogens is 162 g/mol. The molecule has 0 spiro atoms. The van der Waals surface area contributed by atoms with Gasteiger partial charge in [0.2, 0.25) is 0 Å². The Morgan fingerprint density at radius 1 is 1.25 bits per heavy atom. The van der Waals surface area contributed by atoms with Crippen LogP contribution in [0.3, 0.4) is 0 Å². The largest absolute Gasteiger partial charge is 0.304 e. The topological polar surface area (TPSA) is 3.24 Å². The van der Waals surface area contributed by atoms with E-state index in [9.17, 15) is 0 Å². The molecule has 0 amide bonds. The van der Waals surface area contributed by atoms with Gasteiger partial charge in [0.1, 0.15) is 0 Å². The summed E-state index contributed by atoms with van der Waals surface area (Å²) in [5.74, 6) is 0. The maximum absolute atomic E-state index is 3.91. The van der Waals surface area contributed by atoms with Gasteiger partial charge in [0.15, 0.2) is 0 Å². The summed E-state index contributed by atoms with van der Waals surface area (Å²) in [7, 11) is -1.05. The second-order valence-electron chi connectivity index (χ2n) is 3.97. The Kier molecular flexibility index (Phi) is 5.50. The molecule has 0 heterocycles. The molecule has 72 valence electrons. The third-order valence-corrected chi connectivity index (χ3v) is 5.14. The summed E-state index contributed by atoms with van der Waals surface area (Å²) < 4.78 is 0. The molecule has 0 saturated heterocycles. The van der Waals surface area contributed by atoms with Crippen LogP contribution in [-0.4, -0.2) is 32.6 Å². The van der Waals surface area contributed by atoms with Crippen molar-refractivity contribution in [3.8, 4) is 0 Å². The van der Waals surface area contributed by atoms with E-state index in [1.54, 1.807) is 0 Å². The first-order valence-corrected chi connectivity index (χ1v) is 8.20. The fourth-order valence-electron chi connectivity index (χ4n) is 1.09. The Hall–Kier alpha value is -0.0831. The van der Waals surface area contributed by atoms with Crippen LogP contribution in [0, 0.1) is 0 Å². The molecule has 0 aromatic carbocycles. The molecule has 0 aromatic rings. The van der Waals surface area contributed by atoms with E-state index in [1.165, 1.54) is 25.7 Å². The molecule has 0 aromatic heterocycles. The van der Waals surface area contributed by atoms with Gasteiger partial charge in [-0.3, -0.25) is 0 Å². The molecule has 2 heteroatoms. The molecule has 1 nitrogen and oxygen atoms in total. The standard InChI is InChI=1S/C10H23NSi/c1-6-11(7-2)9-10-12(4,5)8-3/h8H,3,6-7,9-10H2,1-2,4-5H3. The van der Waals surface area contributed by atoms with Gasteiger partial charge < -0.3 is 4.90 Å². The van der Waals surface area contributed by atoms with E-state index in [0.29, 0.717) is 0 Å². The van der Waals surface area contributed by atoms with Crippen LogP contribution in [0.4, 0.5) is 0 Å². The lowest BCUT2D eigenvalue weighted by Crippen LogP contribution is -2.31. The first-order valence-electron chi connectivity index (χ1n) is 4.91. The molecule has 0 aliphatic carbocycles. The zero-order valence-electron chi connectivity index (χ0n) is 9.06. The van der Waals surface area contributed by atoms with E-state index < -0.39 is 8.07 Å². The SMILES string of the molecule is C=C[Si](C)(C)CCN(CC)CC. The van der Waals surface area contributed by atoms with Gasteiger partial charge in [0.05, 0.1) is 8.07 Å². The van der Waals surface area contributed by atoms with Crippen LogP contribution in [-0.2, 0) is 0 Å². The smallest absolute Gasteiger partial charge is 0.0722 e. The minimum absolute atomic E-state index is 1.05. The molecule has 0 fully saturated rings. The van der Waals surface area contributed by atoms with Crippen molar-refractivity contribution in [2.45, 2.75) is 33.0 Å². The maximum Gasteiger partial charge on any atom is 0.0722 e. The Bertz CT molecular complexity index is 128. The van der Waals surface area contributed by atoms with Gasteiger partial charge in [-0.15, -0.1) is 12.3 Å². The van der Waals surface area contributed by atoms with Crippen molar-refractivity contribution in [3.05, 3.63) is 12.3 Å². The zero-order valence-corrected chi connectivity index (χ0v) is 10.1. The highest BCUT2D eigenvalue weighted by Crippen LogP contribution is 2.10. The van der Waals surface area contributed by atoms with Crippen molar-refractivity contribution >= 4 is 8.07 Å². The molecule has 0 aliphatic heterocycles. The highest BCUT2D eigenvalue weighted by atomic mass is 28.3.